The molecule has 110 valence electrons. The van der Waals surface area contributed by atoms with Crippen molar-refractivity contribution in [2.24, 2.45) is 5.73 Å². The molecule has 4 nitrogen and oxygen atoms in total. The molecular weight excluding hydrogens is 374 g/mol. The Labute approximate surface area is 131 Å². The van der Waals surface area contributed by atoms with Crippen molar-refractivity contribution in [1.29, 1.82) is 0 Å². The van der Waals surface area contributed by atoms with E-state index in [2.05, 4.69) is 0 Å². The molecule has 0 radical (unpaired) electrons. The maximum absolute atomic E-state index is 13.1. The molecular formula is C14H18FIN2O2. The maximum Gasteiger partial charge on any atom is 0.255 e. The number of carbonyl (C=O) groups is 1. The van der Waals surface area contributed by atoms with Crippen LogP contribution in [0.5, 0.6) is 0 Å². The molecule has 0 aliphatic carbocycles. The average Bonchev–Trinajstić information content (AvgIpc) is 2.46. The number of piperidine rings is 1. The van der Waals surface area contributed by atoms with Crippen LogP contribution in [0.4, 0.5) is 4.39 Å². The number of hydrogen-bond acceptors (Lipinski definition) is 3. The fourth-order valence-corrected chi connectivity index (χ4v) is 3.24. The molecule has 2 atom stereocenters. The van der Waals surface area contributed by atoms with Gasteiger partial charge >= 0.3 is 0 Å². The second-order valence-corrected chi connectivity index (χ2v) is 6.06. The molecule has 0 aromatic heterocycles. The topological polar surface area (TPSA) is 55.6 Å². The third-order valence-electron chi connectivity index (χ3n) is 3.70. The lowest BCUT2D eigenvalue weighted by molar-refractivity contribution is 0.0138. The lowest BCUT2D eigenvalue weighted by atomic mass is 9.98. The van der Waals surface area contributed by atoms with Crippen molar-refractivity contribution >= 4 is 28.5 Å². The molecule has 0 spiro atoms. The number of nitrogens with zero attached hydrogens (tertiary/aromatic N) is 1. The van der Waals surface area contributed by atoms with Gasteiger partial charge in [0, 0.05) is 29.8 Å². The Balaban J connectivity index is 2.19. The minimum Gasteiger partial charge on any atom is -0.381 e. The summed E-state index contributed by atoms with van der Waals surface area (Å²) >= 11 is 1.98. The van der Waals surface area contributed by atoms with Crippen molar-refractivity contribution < 1.29 is 13.9 Å². The summed E-state index contributed by atoms with van der Waals surface area (Å²) in [5.41, 5.74) is 6.31. The molecule has 1 aromatic carbocycles. The fourth-order valence-electron chi connectivity index (χ4n) is 2.54. The van der Waals surface area contributed by atoms with Gasteiger partial charge in [0.1, 0.15) is 5.82 Å². The second-order valence-electron chi connectivity index (χ2n) is 4.89. The van der Waals surface area contributed by atoms with Crippen LogP contribution in [0, 0.1) is 9.39 Å². The summed E-state index contributed by atoms with van der Waals surface area (Å²) in [4.78, 5) is 14.4. The molecule has 1 heterocycles. The van der Waals surface area contributed by atoms with Gasteiger partial charge in [-0.3, -0.25) is 4.79 Å². The van der Waals surface area contributed by atoms with E-state index in [1.165, 1.54) is 18.2 Å². The van der Waals surface area contributed by atoms with E-state index in [1.54, 1.807) is 12.0 Å². The van der Waals surface area contributed by atoms with Gasteiger partial charge in [0.15, 0.2) is 0 Å². The molecule has 1 fully saturated rings. The first-order valence-electron chi connectivity index (χ1n) is 6.55. The molecule has 1 aromatic rings. The minimum atomic E-state index is -0.334. The first kappa shape index (κ1) is 15.7. The number of nitrogens with two attached hydrogens (primary N) is 1. The third-order valence-corrected chi connectivity index (χ3v) is 4.59. The molecule has 2 N–H and O–H groups in total. The van der Waals surface area contributed by atoms with Gasteiger partial charge in [-0.1, -0.05) is 0 Å². The first-order valence-corrected chi connectivity index (χ1v) is 7.63. The number of methoxy groups -OCH3 is 1. The van der Waals surface area contributed by atoms with Crippen LogP contribution in [0.3, 0.4) is 0 Å². The summed E-state index contributed by atoms with van der Waals surface area (Å²) in [6.07, 6.45) is 1.70. The van der Waals surface area contributed by atoms with Crippen LogP contribution in [0.2, 0.25) is 0 Å². The minimum absolute atomic E-state index is 0.0259. The number of hydrogen-bond donors (Lipinski definition) is 1. The van der Waals surface area contributed by atoms with E-state index >= 15 is 0 Å². The Morgan fingerprint density at radius 1 is 1.60 bits per heavy atom. The van der Waals surface area contributed by atoms with E-state index < -0.39 is 0 Å². The molecule has 1 amide bonds. The Hall–Kier alpha value is -0.730. The smallest absolute Gasteiger partial charge is 0.255 e. The van der Waals surface area contributed by atoms with E-state index in [1.807, 2.05) is 22.6 Å². The summed E-state index contributed by atoms with van der Waals surface area (Å²) in [6, 6.07) is 4.19. The van der Waals surface area contributed by atoms with Gasteiger partial charge < -0.3 is 15.4 Å². The zero-order chi connectivity index (χ0) is 14.7. The highest BCUT2D eigenvalue weighted by Crippen LogP contribution is 2.23. The summed E-state index contributed by atoms with van der Waals surface area (Å²) in [5.74, 6) is -0.418. The first-order chi connectivity index (χ1) is 9.56. The third kappa shape index (κ3) is 3.29. The number of amides is 1. The lowest BCUT2D eigenvalue weighted by Crippen LogP contribution is -2.51. The van der Waals surface area contributed by atoms with Crippen molar-refractivity contribution in [3.8, 4) is 0 Å². The van der Waals surface area contributed by atoms with Crippen molar-refractivity contribution in [3.63, 3.8) is 0 Å². The predicted molar refractivity (Wildman–Crippen MR) is 83.0 cm³/mol. The zero-order valence-electron chi connectivity index (χ0n) is 11.3. The summed E-state index contributed by atoms with van der Waals surface area (Å²) in [6.45, 7) is 1.02. The van der Waals surface area contributed by atoms with E-state index in [0.717, 1.165) is 12.8 Å². The predicted octanol–water partition coefficient (Wildman–Crippen LogP) is 2.01. The molecule has 0 bridgehead atoms. The van der Waals surface area contributed by atoms with Crippen LogP contribution in [-0.2, 0) is 4.74 Å². The number of benzene rings is 1. The van der Waals surface area contributed by atoms with Gasteiger partial charge in [-0.25, -0.2) is 4.39 Å². The van der Waals surface area contributed by atoms with Crippen LogP contribution in [0.25, 0.3) is 0 Å². The lowest BCUT2D eigenvalue weighted by Gasteiger charge is -2.38. The van der Waals surface area contributed by atoms with Crippen LogP contribution in [0.1, 0.15) is 23.2 Å². The van der Waals surface area contributed by atoms with Gasteiger partial charge in [0.2, 0.25) is 0 Å². The van der Waals surface area contributed by atoms with E-state index in [4.69, 9.17) is 10.5 Å². The van der Waals surface area contributed by atoms with E-state index in [-0.39, 0.29) is 23.9 Å². The fraction of sp³-hybridized carbons (Fsp3) is 0.500. The molecule has 6 heteroatoms. The highest BCUT2D eigenvalue weighted by atomic mass is 127. The van der Waals surface area contributed by atoms with E-state index in [9.17, 15) is 9.18 Å². The van der Waals surface area contributed by atoms with Gasteiger partial charge in [-0.05, 0) is 53.6 Å². The van der Waals surface area contributed by atoms with Gasteiger partial charge in [0.25, 0.3) is 5.91 Å². The number of likely N-dealkylation sites (tertiary alicyclic amines) is 1. The molecule has 20 heavy (non-hydrogen) atoms. The van der Waals surface area contributed by atoms with Crippen LogP contribution in [-0.4, -0.2) is 43.2 Å². The number of ether oxygens (including phenoxy) is 1. The second kappa shape index (κ2) is 6.82. The summed E-state index contributed by atoms with van der Waals surface area (Å²) in [7, 11) is 1.68. The Kier molecular flexibility index (Phi) is 5.34. The van der Waals surface area contributed by atoms with E-state index in [0.29, 0.717) is 22.2 Å². The zero-order valence-corrected chi connectivity index (χ0v) is 13.5. The number of carbonyl (C=O) groups excluding carboxylic acids is 1. The van der Waals surface area contributed by atoms with Gasteiger partial charge in [0.05, 0.1) is 11.7 Å². The highest BCUT2D eigenvalue weighted by molar-refractivity contribution is 14.1. The average molecular weight is 392 g/mol. The molecule has 2 unspecified atom stereocenters. The van der Waals surface area contributed by atoms with Crippen molar-refractivity contribution in [2.45, 2.75) is 25.0 Å². The van der Waals surface area contributed by atoms with Crippen molar-refractivity contribution in [2.75, 3.05) is 20.2 Å². The quantitative estimate of drug-likeness (QED) is 0.801. The Bertz CT molecular complexity index is 498. The molecule has 0 saturated carbocycles. The van der Waals surface area contributed by atoms with Crippen molar-refractivity contribution in [3.05, 3.63) is 33.1 Å². The van der Waals surface area contributed by atoms with Crippen LogP contribution in [0.15, 0.2) is 18.2 Å². The monoisotopic (exact) mass is 392 g/mol. The summed E-state index contributed by atoms with van der Waals surface area (Å²) in [5, 5.41) is 0. The molecule has 1 saturated heterocycles. The summed E-state index contributed by atoms with van der Waals surface area (Å²) < 4.78 is 19.1. The molecule has 1 aliphatic rings. The maximum atomic E-state index is 13.1. The van der Waals surface area contributed by atoms with Gasteiger partial charge in [-0.15, -0.1) is 0 Å². The molecule has 2 rings (SSSR count). The van der Waals surface area contributed by atoms with Crippen LogP contribution >= 0.6 is 22.6 Å². The highest BCUT2D eigenvalue weighted by Gasteiger charge is 2.31. The Morgan fingerprint density at radius 2 is 2.35 bits per heavy atom. The molecule has 1 aliphatic heterocycles. The van der Waals surface area contributed by atoms with Crippen molar-refractivity contribution in [1.82, 2.24) is 4.90 Å². The standard InChI is InChI=1S/C14H18FIN2O2/c1-20-11-4-5-18(10(7-11)8-17)14(19)12-3-2-9(15)6-13(12)16/h2-3,6,10-11H,4-5,7-8,17H2,1H3. The normalized spacial score (nSPS) is 22.9. The largest absolute Gasteiger partial charge is 0.381 e. The van der Waals surface area contributed by atoms with Crippen LogP contribution < -0.4 is 5.73 Å². The Morgan fingerprint density at radius 3 is 2.95 bits per heavy atom. The number of rotatable bonds is 3. The number of halogens is 2. The SMILES string of the molecule is COC1CCN(C(=O)c2ccc(F)cc2I)C(CN)C1. The van der Waals surface area contributed by atoms with Gasteiger partial charge in [-0.2, -0.15) is 0 Å².